The second kappa shape index (κ2) is 2.77. The molecule has 11 heavy (non-hydrogen) atoms. The molecule has 0 bridgehead atoms. The summed E-state index contributed by atoms with van der Waals surface area (Å²) < 4.78 is 2.37. The van der Waals surface area contributed by atoms with Crippen molar-refractivity contribution in [1.82, 2.24) is 0 Å². The molecule has 0 saturated carbocycles. The maximum absolute atomic E-state index is 5.82. The van der Waals surface area contributed by atoms with Gasteiger partial charge >= 0.3 is 0 Å². The minimum Gasteiger partial charge on any atom is -0.143 e. The zero-order valence-corrected chi connectivity index (χ0v) is 8.63. The molecule has 0 aliphatic heterocycles. The normalized spacial score (nSPS) is 10.7. The minimum absolute atomic E-state index is 0.798. The van der Waals surface area contributed by atoms with E-state index in [0.717, 1.165) is 9.50 Å². The highest BCUT2D eigenvalue weighted by Crippen LogP contribution is 2.31. The van der Waals surface area contributed by atoms with E-state index < -0.39 is 0 Å². The number of hydrogen-bond acceptors (Lipinski definition) is 1. The summed E-state index contributed by atoms with van der Waals surface area (Å²) in [5.41, 5.74) is 0. The predicted octanol–water partition coefficient (Wildman–Crippen LogP) is 4.32. The van der Waals surface area contributed by atoms with Crippen molar-refractivity contribution < 1.29 is 0 Å². The Labute approximate surface area is 81.9 Å². The lowest BCUT2D eigenvalue weighted by atomic mass is 10.3. The molecule has 3 heteroatoms. The Hall–Kier alpha value is -0.0500. The molecular weight excluding hydrogens is 244 g/mol. The van der Waals surface area contributed by atoms with Crippen LogP contribution in [0, 0.1) is 0 Å². The summed E-state index contributed by atoms with van der Waals surface area (Å²) in [6, 6.07) is 5.91. The van der Waals surface area contributed by atoms with E-state index in [2.05, 4.69) is 21.3 Å². The van der Waals surface area contributed by atoms with Crippen LogP contribution in [-0.4, -0.2) is 0 Å². The topological polar surface area (TPSA) is 0 Å². The first-order valence-corrected chi connectivity index (χ1v) is 5.15. The van der Waals surface area contributed by atoms with Gasteiger partial charge in [0.25, 0.3) is 0 Å². The van der Waals surface area contributed by atoms with Crippen LogP contribution in [0.5, 0.6) is 0 Å². The van der Waals surface area contributed by atoms with Gasteiger partial charge in [-0.25, -0.2) is 0 Å². The van der Waals surface area contributed by atoms with Crippen LogP contribution >= 0.6 is 38.9 Å². The lowest BCUT2D eigenvalue weighted by molar-refractivity contribution is 1.83. The highest BCUT2D eigenvalue weighted by Gasteiger charge is 2.00. The lowest BCUT2D eigenvalue weighted by Crippen LogP contribution is -1.63. The van der Waals surface area contributed by atoms with E-state index in [1.54, 1.807) is 11.3 Å². The fraction of sp³-hybridized carbons (Fsp3) is 0. The van der Waals surface area contributed by atoms with Gasteiger partial charge in [0.05, 0.1) is 0 Å². The number of hydrogen-bond donors (Lipinski definition) is 0. The van der Waals surface area contributed by atoms with Crippen molar-refractivity contribution in [3.05, 3.63) is 33.1 Å². The van der Waals surface area contributed by atoms with Gasteiger partial charge in [0.2, 0.25) is 0 Å². The number of halogens is 2. The van der Waals surface area contributed by atoms with Crippen molar-refractivity contribution in [3.63, 3.8) is 0 Å². The smallest absolute Gasteiger partial charge is 0.0420 e. The van der Waals surface area contributed by atoms with Crippen molar-refractivity contribution in [2.45, 2.75) is 0 Å². The van der Waals surface area contributed by atoms with E-state index in [9.17, 15) is 0 Å². The average Bonchev–Trinajstić information content (AvgIpc) is 2.32. The van der Waals surface area contributed by atoms with Crippen LogP contribution in [-0.2, 0) is 0 Å². The monoisotopic (exact) mass is 246 g/mol. The van der Waals surface area contributed by atoms with Crippen LogP contribution in [0.3, 0.4) is 0 Å². The quantitative estimate of drug-likeness (QED) is 0.650. The molecule has 2 aromatic rings. The van der Waals surface area contributed by atoms with Gasteiger partial charge in [0, 0.05) is 25.0 Å². The molecule has 0 aliphatic carbocycles. The van der Waals surface area contributed by atoms with E-state index in [-0.39, 0.29) is 0 Å². The molecule has 0 radical (unpaired) electrons. The molecule has 0 atom stereocenters. The molecular formula is C8H4BrClS. The van der Waals surface area contributed by atoms with Crippen LogP contribution in [0.1, 0.15) is 0 Å². The molecule has 1 aromatic carbocycles. The summed E-state index contributed by atoms with van der Waals surface area (Å²) in [5, 5.41) is 4.10. The van der Waals surface area contributed by atoms with Gasteiger partial charge in [-0.3, -0.25) is 0 Å². The predicted molar refractivity (Wildman–Crippen MR) is 54.5 cm³/mol. The molecule has 1 aromatic heterocycles. The third-order valence-electron chi connectivity index (χ3n) is 1.49. The highest BCUT2D eigenvalue weighted by molar-refractivity contribution is 9.10. The molecule has 0 saturated heterocycles. The maximum atomic E-state index is 5.82. The largest absolute Gasteiger partial charge is 0.143 e. The summed E-state index contributed by atoms with van der Waals surface area (Å²) >= 11 is 11.0. The van der Waals surface area contributed by atoms with Gasteiger partial charge in [0.1, 0.15) is 0 Å². The molecule has 0 N–H and O–H groups in total. The first kappa shape index (κ1) is 7.59. The molecule has 0 spiro atoms. The van der Waals surface area contributed by atoms with Crippen LogP contribution in [0.15, 0.2) is 28.1 Å². The number of fused-ring (bicyclic) bond motifs is 1. The van der Waals surface area contributed by atoms with Gasteiger partial charge in [0.15, 0.2) is 0 Å². The third kappa shape index (κ3) is 1.31. The van der Waals surface area contributed by atoms with Gasteiger partial charge in [-0.15, -0.1) is 11.3 Å². The number of benzene rings is 1. The fourth-order valence-electron chi connectivity index (χ4n) is 0.970. The van der Waals surface area contributed by atoms with E-state index in [1.807, 2.05) is 18.2 Å². The highest BCUT2D eigenvalue weighted by atomic mass is 79.9. The maximum Gasteiger partial charge on any atom is 0.0420 e. The minimum atomic E-state index is 0.798. The van der Waals surface area contributed by atoms with Crippen LogP contribution in [0.25, 0.3) is 10.1 Å². The number of thiophene rings is 1. The summed E-state index contributed by atoms with van der Waals surface area (Å²) in [7, 11) is 0. The lowest BCUT2D eigenvalue weighted by Gasteiger charge is -1.90. The summed E-state index contributed by atoms with van der Waals surface area (Å²) in [5.74, 6) is 0. The first-order chi connectivity index (χ1) is 5.27. The van der Waals surface area contributed by atoms with Crippen LogP contribution in [0.2, 0.25) is 5.02 Å². The Kier molecular flexibility index (Phi) is 1.91. The molecule has 56 valence electrons. The van der Waals surface area contributed by atoms with Gasteiger partial charge in [-0.2, -0.15) is 0 Å². The van der Waals surface area contributed by atoms with Crippen molar-refractivity contribution in [2.24, 2.45) is 0 Å². The Balaban J connectivity index is 2.86. The van der Waals surface area contributed by atoms with Gasteiger partial charge < -0.3 is 0 Å². The van der Waals surface area contributed by atoms with Gasteiger partial charge in [-0.05, 0) is 28.1 Å². The van der Waals surface area contributed by atoms with Crippen molar-refractivity contribution >= 4 is 49.0 Å². The molecule has 0 fully saturated rings. The van der Waals surface area contributed by atoms with Crippen LogP contribution in [0.4, 0.5) is 0 Å². The SMILES string of the molecule is Clc1ccc2c(Br)csc2c1. The summed E-state index contributed by atoms with van der Waals surface area (Å²) in [6.07, 6.45) is 0. The molecule has 2 rings (SSSR count). The average molecular weight is 248 g/mol. The third-order valence-corrected chi connectivity index (χ3v) is 3.63. The fourth-order valence-corrected chi connectivity index (χ4v) is 2.82. The standard InChI is InChI=1S/C8H4BrClS/c9-7-4-11-8-3-5(10)1-2-6(7)8/h1-4H. The Morgan fingerprint density at radius 2 is 2.18 bits per heavy atom. The number of rotatable bonds is 0. The Morgan fingerprint density at radius 1 is 1.36 bits per heavy atom. The van der Waals surface area contributed by atoms with Gasteiger partial charge in [-0.1, -0.05) is 17.7 Å². The van der Waals surface area contributed by atoms with Crippen molar-refractivity contribution in [1.29, 1.82) is 0 Å². The van der Waals surface area contributed by atoms with E-state index in [1.165, 1.54) is 10.1 Å². The summed E-state index contributed by atoms with van der Waals surface area (Å²) in [6.45, 7) is 0. The molecule has 0 aliphatic rings. The molecule has 1 heterocycles. The second-order valence-electron chi connectivity index (χ2n) is 2.22. The molecule has 0 nitrogen and oxygen atoms in total. The first-order valence-electron chi connectivity index (χ1n) is 3.09. The summed E-state index contributed by atoms with van der Waals surface area (Å²) in [4.78, 5) is 0. The Morgan fingerprint density at radius 3 is 3.00 bits per heavy atom. The van der Waals surface area contributed by atoms with Crippen molar-refractivity contribution in [2.75, 3.05) is 0 Å². The van der Waals surface area contributed by atoms with E-state index in [4.69, 9.17) is 11.6 Å². The molecule has 0 amide bonds. The van der Waals surface area contributed by atoms with Crippen molar-refractivity contribution in [3.8, 4) is 0 Å². The van der Waals surface area contributed by atoms with Crippen LogP contribution < -0.4 is 0 Å². The van der Waals surface area contributed by atoms with E-state index in [0.29, 0.717) is 0 Å². The second-order valence-corrected chi connectivity index (χ2v) is 4.43. The van der Waals surface area contributed by atoms with E-state index >= 15 is 0 Å². The molecule has 0 unspecified atom stereocenters. The Bertz CT molecular complexity index is 394. The zero-order valence-electron chi connectivity index (χ0n) is 5.47. The zero-order chi connectivity index (χ0) is 7.84.